The Morgan fingerprint density at radius 3 is 2.83 bits per heavy atom. The molecule has 6 heteroatoms. The average Bonchev–Trinajstić information content (AvgIpc) is 2.59. The third kappa shape index (κ3) is 4.00. The van der Waals surface area contributed by atoms with E-state index in [0.717, 1.165) is 11.1 Å². The van der Waals surface area contributed by atoms with Crippen molar-refractivity contribution < 1.29 is 19.1 Å². The maximum atomic E-state index is 11.7. The van der Waals surface area contributed by atoms with E-state index in [1.54, 1.807) is 12.1 Å². The number of anilines is 1. The smallest absolute Gasteiger partial charge is 0.407 e. The lowest BCUT2D eigenvalue weighted by Gasteiger charge is -2.18. The molecular formula is C17H16N2O4. The molecule has 6 nitrogen and oxygen atoms in total. The summed E-state index contributed by atoms with van der Waals surface area (Å²) in [5.74, 6) is 0.425. The number of hydrogen-bond acceptors (Lipinski definition) is 4. The number of alkyl carbamates (subject to hydrolysis) is 1. The summed E-state index contributed by atoms with van der Waals surface area (Å²) < 4.78 is 10.5. The van der Waals surface area contributed by atoms with Crippen LogP contribution in [0.25, 0.3) is 0 Å². The predicted octanol–water partition coefficient (Wildman–Crippen LogP) is 2.44. The predicted molar refractivity (Wildman–Crippen MR) is 84.0 cm³/mol. The van der Waals surface area contributed by atoms with Gasteiger partial charge in [0.25, 0.3) is 5.91 Å². The Morgan fingerprint density at radius 1 is 1.17 bits per heavy atom. The van der Waals surface area contributed by atoms with E-state index in [1.807, 2.05) is 36.4 Å². The van der Waals surface area contributed by atoms with Crippen LogP contribution in [-0.4, -0.2) is 18.6 Å². The molecule has 23 heavy (non-hydrogen) atoms. The van der Waals surface area contributed by atoms with Gasteiger partial charge in [-0.3, -0.25) is 4.79 Å². The Balaban J connectivity index is 1.50. The molecule has 1 heterocycles. The maximum Gasteiger partial charge on any atom is 0.407 e. The highest BCUT2D eigenvalue weighted by atomic mass is 16.5. The second-order valence-corrected chi connectivity index (χ2v) is 5.08. The maximum absolute atomic E-state index is 11.7. The molecule has 3 rings (SSSR count). The number of fused-ring (bicyclic) bond motifs is 1. The SMILES string of the molecule is O=C1COc2cc(CNC(=O)OCc3ccccc3)ccc2N1. The van der Waals surface area contributed by atoms with Gasteiger partial charge < -0.3 is 20.1 Å². The molecular weight excluding hydrogens is 296 g/mol. The van der Waals surface area contributed by atoms with Crippen LogP contribution in [0.4, 0.5) is 10.5 Å². The molecule has 0 bridgehead atoms. The Kier molecular flexibility index (Phi) is 4.42. The topological polar surface area (TPSA) is 76.7 Å². The Morgan fingerprint density at radius 2 is 2.00 bits per heavy atom. The van der Waals surface area contributed by atoms with Gasteiger partial charge in [0.05, 0.1) is 5.69 Å². The Bertz CT molecular complexity index is 716. The molecule has 2 N–H and O–H groups in total. The van der Waals surface area contributed by atoms with Crippen LogP contribution in [0.2, 0.25) is 0 Å². The van der Waals surface area contributed by atoms with Gasteiger partial charge in [0, 0.05) is 6.54 Å². The van der Waals surface area contributed by atoms with Crippen LogP contribution in [-0.2, 0) is 22.7 Å². The van der Waals surface area contributed by atoms with Crippen molar-refractivity contribution in [1.29, 1.82) is 0 Å². The highest BCUT2D eigenvalue weighted by Gasteiger charge is 2.16. The van der Waals surface area contributed by atoms with Crippen molar-refractivity contribution in [2.24, 2.45) is 0 Å². The quantitative estimate of drug-likeness (QED) is 0.909. The fraction of sp³-hybridized carbons (Fsp3) is 0.176. The fourth-order valence-corrected chi connectivity index (χ4v) is 2.18. The van der Waals surface area contributed by atoms with Gasteiger partial charge in [-0.05, 0) is 23.3 Å². The Hall–Kier alpha value is -3.02. The molecule has 0 aromatic heterocycles. The first-order valence-electron chi connectivity index (χ1n) is 7.21. The summed E-state index contributed by atoms with van der Waals surface area (Å²) in [5.41, 5.74) is 2.42. The minimum Gasteiger partial charge on any atom is -0.482 e. The molecule has 0 atom stereocenters. The molecule has 118 valence electrons. The molecule has 1 aliphatic heterocycles. The average molecular weight is 312 g/mol. The summed E-state index contributed by atoms with van der Waals surface area (Å²) in [6, 6.07) is 14.8. The van der Waals surface area contributed by atoms with Crippen molar-refractivity contribution in [2.75, 3.05) is 11.9 Å². The third-order valence-electron chi connectivity index (χ3n) is 3.33. The minimum absolute atomic E-state index is 0.00298. The van der Waals surface area contributed by atoms with Gasteiger partial charge in [-0.2, -0.15) is 0 Å². The van der Waals surface area contributed by atoms with E-state index < -0.39 is 6.09 Å². The zero-order valence-electron chi connectivity index (χ0n) is 12.4. The summed E-state index contributed by atoms with van der Waals surface area (Å²) >= 11 is 0. The van der Waals surface area contributed by atoms with Gasteiger partial charge in [0.1, 0.15) is 12.4 Å². The lowest BCUT2D eigenvalue weighted by molar-refractivity contribution is -0.118. The van der Waals surface area contributed by atoms with E-state index in [2.05, 4.69) is 10.6 Å². The van der Waals surface area contributed by atoms with Crippen LogP contribution in [0, 0.1) is 0 Å². The second kappa shape index (κ2) is 6.83. The standard InChI is InChI=1S/C17H16N2O4/c20-16-11-22-15-8-13(6-7-14(15)19-16)9-18-17(21)23-10-12-4-2-1-3-5-12/h1-8H,9-11H2,(H,18,21)(H,19,20). The molecule has 2 aromatic rings. The zero-order valence-corrected chi connectivity index (χ0v) is 12.4. The first-order valence-corrected chi connectivity index (χ1v) is 7.21. The number of carbonyl (C=O) groups is 2. The van der Waals surface area contributed by atoms with Crippen LogP contribution in [0.1, 0.15) is 11.1 Å². The lowest BCUT2D eigenvalue weighted by Crippen LogP contribution is -2.26. The molecule has 2 amide bonds. The number of rotatable bonds is 4. The highest BCUT2D eigenvalue weighted by molar-refractivity contribution is 5.95. The van der Waals surface area contributed by atoms with Crippen molar-refractivity contribution in [3.63, 3.8) is 0 Å². The second-order valence-electron chi connectivity index (χ2n) is 5.08. The van der Waals surface area contributed by atoms with Gasteiger partial charge in [-0.1, -0.05) is 36.4 Å². The monoisotopic (exact) mass is 312 g/mol. The molecule has 2 aromatic carbocycles. The van der Waals surface area contributed by atoms with E-state index in [0.29, 0.717) is 18.0 Å². The molecule has 0 spiro atoms. The van der Waals surface area contributed by atoms with Crippen LogP contribution in [0.15, 0.2) is 48.5 Å². The summed E-state index contributed by atoms with van der Waals surface area (Å²) in [4.78, 5) is 22.9. The van der Waals surface area contributed by atoms with Crippen LogP contribution >= 0.6 is 0 Å². The summed E-state index contributed by atoms with van der Waals surface area (Å²) in [6.45, 7) is 0.549. The van der Waals surface area contributed by atoms with E-state index in [4.69, 9.17) is 9.47 Å². The van der Waals surface area contributed by atoms with Gasteiger partial charge in [-0.15, -0.1) is 0 Å². The Labute approximate surface area is 133 Å². The largest absolute Gasteiger partial charge is 0.482 e. The van der Waals surface area contributed by atoms with Crippen molar-refractivity contribution in [1.82, 2.24) is 5.32 Å². The first-order chi connectivity index (χ1) is 11.2. The van der Waals surface area contributed by atoms with E-state index in [9.17, 15) is 9.59 Å². The molecule has 0 aliphatic carbocycles. The van der Waals surface area contributed by atoms with Crippen LogP contribution in [0.3, 0.4) is 0 Å². The number of carbonyl (C=O) groups excluding carboxylic acids is 2. The third-order valence-corrected chi connectivity index (χ3v) is 3.33. The lowest BCUT2D eigenvalue weighted by atomic mass is 10.1. The minimum atomic E-state index is -0.485. The van der Waals surface area contributed by atoms with Gasteiger partial charge >= 0.3 is 6.09 Å². The summed E-state index contributed by atoms with van der Waals surface area (Å²) in [6.07, 6.45) is -0.485. The van der Waals surface area contributed by atoms with Gasteiger partial charge in [-0.25, -0.2) is 4.79 Å². The molecule has 0 fully saturated rings. The summed E-state index contributed by atoms with van der Waals surface area (Å²) in [5, 5.41) is 5.40. The zero-order chi connectivity index (χ0) is 16.1. The van der Waals surface area contributed by atoms with Crippen molar-refractivity contribution in [3.8, 4) is 5.75 Å². The van der Waals surface area contributed by atoms with Crippen LogP contribution in [0.5, 0.6) is 5.75 Å². The number of amides is 2. The molecule has 0 unspecified atom stereocenters. The van der Waals surface area contributed by atoms with Gasteiger partial charge in [0.15, 0.2) is 6.61 Å². The van der Waals surface area contributed by atoms with Gasteiger partial charge in [0.2, 0.25) is 0 Å². The first kappa shape index (κ1) is 14.9. The van der Waals surface area contributed by atoms with E-state index >= 15 is 0 Å². The number of benzene rings is 2. The molecule has 0 radical (unpaired) electrons. The van der Waals surface area contributed by atoms with Crippen LogP contribution < -0.4 is 15.4 Å². The van der Waals surface area contributed by atoms with E-state index in [-0.39, 0.29) is 19.1 Å². The molecule has 0 saturated carbocycles. The van der Waals surface area contributed by atoms with E-state index in [1.165, 1.54) is 0 Å². The van der Waals surface area contributed by atoms with Crippen molar-refractivity contribution >= 4 is 17.7 Å². The molecule has 1 aliphatic rings. The highest BCUT2D eigenvalue weighted by Crippen LogP contribution is 2.28. The fourth-order valence-electron chi connectivity index (χ4n) is 2.18. The number of ether oxygens (including phenoxy) is 2. The summed E-state index contributed by atoms with van der Waals surface area (Å²) in [7, 11) is 0. The number of hydrogen-bond donors (Lipinski definition) is 2. The normalized spacial score (nSPS) is 12.6. The van der Waals surface area contributed by atoms with Crippen molar-refractivity contribution in [2.45, 2.75) is 13.2 Å². The molecule has 0 saturated heterocycles. The number of nitrogens with one attached hydrogen (secondary N) is 2. The van der Waals surface area contributed by atoms with Crippen molar-refractivity contribution in [3.05, 3.63) is 59.7 Å².